The van der Waals surface area contributed by atoms with Crippen molar-refractivity contribution in [3.05, 3.63) is 35.6 Å². The average molecular weight is 295 g/mol. The lowest BCUT2D eigenvalue weighted by atomic mass is 9.88. The van der Waals surface area contributed by atoms with Gasteiger partial charge in [-0.15, -0.1) is 0 Å². The fraction of sp³-hybridized carbons (Fsp3) is 0.562. The van der Waals surface area contributed by atoms with Crippen LogP contribution in [0.15, 0.2) is 24.3 Å². The molecule has 1 aromatic rings. The molecule has 1 N–H and O–H groups in total. The van der Waals surface area contributed by atoms with Crippen molar-refractivity contribution >= 4 is 6.09 Å². The first-order valence-corrected chi connectivity index (χ1v) is 7.18. The van der Waals surface area contributed by atoms with Gasteiger partial charge >= 0.3 is 6.09 Å². The number of carbonyl (C=O) groups excluding carboxylic acids is 1. The predicted molar refractivity (Wildman–Crippen MR) is 77.6 cm³/mol. The lowest BCUT2D eigenvalue weighted by Crippen LogP contribution is -2.46. The smallest absolute Gasteiger partial charge is 0.410 e. The number of ether oxygens (including phenoxy) is 1. The van der Waals surface area contributed by atoms with E-state index >= 15 is 0 Å². The molecule has 1 aliphatic heterocycles. The van der Waals surface area contributed by atoms with Gasteiger partial charge in [0, 0.05) is 19.0 Å². The normalized spacial score (nSPS) is 23.0. The summed E-state index contributed by atoms with van der Waals surface area (Å²) in [6, 6.07) is 6.05. The summed E-state index contributed by atoms with van der Waals surface area (Å²) in [5.41, 5.74) is 0.288. The van der Waals surface area contributed by atoms with E-state index in [4.69, 9.17) is 4.74 Å². The molecule has 0 bridgehead atoms. The molecule has 0 radical (unpaired) electrons. The van der Waals surface area contributed by atoms with E-state index in [1.165, 1.54) is 12.1 Å². The maximum Gasteiger partial charge on any atom is 0.410 e. The van der Waals surface area contributed by atoms with Gasteiger partial charge in [-0.1, -0.05) is 12.1 Å². The van der Waals surface area contributed by atoms with Crippen LogP contribution in [0.5, 0.6) is 0 Å². The van der Waals surface area contributed by atoms with Crippen LogP contribution < -0.4 is 0 Å². The standard InChI is InChI=1S/C16H22FNO3/c1-16(2,3)21-15(20)18-9-8-14(19)13(10-18)11-4-6-12(17)7-5-11/h4-7,13-14,19H,8-10H2,1-3H3/t13-,14+/m1/s1. The zero-order valence-corrected chi connectivity index (χ0v) is 12.7. The van der Waals surface area contributed by atoms with Crippen LogP contribution >= 0.6 is 0 Å². The van der Waals surface area contributed by atoms with Crippen molar-refractivity contribution in [2.75, 3.05) is 13.1 Å². The highest BCUT2D eigenvalue weighted by atomic mass is 19.1. The number of carbonyl (C=O) groups is 1. The summed E-state index contributed by atoms with van der Waals surface area (Å²) >= 11 is 0. The van der Waals surface area contributed by atoms with Gasteiger partial charge in [0.1, 0.15) is 11.4 Å². The molecule has 2 atom stereocenters. The minimum Gasteiger partial charge on any atom is -0.444 e. The quantitative estimate of drug-likeness (QED) is 0.866. The zero-order valence-electron chi connectivity index (χ0n) is 12.7. The van der Waals surface area contributed by atoms with Crippen LogP contribution in [0.3, 0.4) is 0 Å². The zero-order chi connectivity index (χ0) is 15.6. The number of amides is 1. The van der Waals surface area contributed by atoms with Crippen LogP contribution in [0.1, 0.15) is 38.7 Å². The first-order valence-electron chi connectivity index (χ1n) is 7.18. The lowest BCUT2D eigenvalue weighted by molar-refractivity contribution is 0.00406. The number of benzene rings is 1. The molecule has 1 aliphatic rings. The van der Waals surface area contributed by atoms with Gasteiger partial charge in [0.2, 0.25) is 0 Å². The third-order valence-corrected chi connectivity index (χ3v) is 3.53. The molecule has 21 heavy (non-hydrogen) atoms. The van der Waals surface area contributed by atoms with Gasteiger partial charge in [-0.3, -0.25) is 0 Å². The Balaban J connectivity index is 2.09. The molecule has 5 heteroatoms. The van der Waals surface area contributed by atoms with Crippen molar-refractivity contribution in [3.63, 3.8) is 0 Å². The molecular weight excluding hydrogens is 273 g/mol. The first-order chi connectivity index (χ1) is 9.76. The molecular formula is C16H22FNO3. The lowest BCUT2D eigenvalue weighted by Gasteiger charge is -2.37. The van der Waals surface area contributed by atoms with Crippen molar-refractivity contribution in [2.24, 2.45) is 0 Å². The average Bonchev–Trinajstić information content (AvgIpc) is 2.38. The van der Waals surface area contributed by atoms with Crippen LogP contribution in [-0.4, -0.2) is 40.9 Å². The number of rotatable bonds is 1. The molecule has 4 nitrogen and oxygen atoms in total. The second-order valence-corrected chi connectivity index (χ2v) is 6.44. The van der Waals surface area contributed by atoms with E-state index < -0.39 is 11.7 Å². The Morgan fingerprint density at radius 2 is 1.95 bits per heavy atom. The third-order valence-electron chi connectivity index (χ3n) is 3.53. The van der Waals surface area contributed by atoms with Crippen molar-refractivity contribution in [2.45, 2.75) is 44.8 Å². The van der Waals surface area contributed by atoms with Gasteiger partial charge in [-0.2, -0.15) is 0 Å². The minimum atomic E-state index is -0.543. The van der Waals surface area contributed by atoms with Crippen molar-refractivity contribution < 1.29 is 19.0 Å². The van der Waals surface area contributed by atoms with Gasteiger partial charge in [0.15, 0.2) is 0 Å². The van der Waals surface area contributed by atoms with Gasteiger partial charge in [-0.25, -0.2) is 9.18 Å². The molecule has 0 unspecified atom stereocenters. The van der Waals surface area contributed by atoms with Crippen molar-refractivity contribution in [3.8, 4) is 0 Å². The number of piperidine rings is 1. The highest BCUT2D eigenvalue weighted by molar-refractivity contribution is 5.68. The second-order valence-electron chi connectivity index (χ2n) is 6.44. The number of hydrogen-bond donors (Lipinski definition) is 1. The third kappa shape index (κ3) is 4.17. The Morgan fingerprint density at radius 1 is 1.33 bits per heavy atom. The fourth-order valence-corrected chi connectivity index (χ4v) is 2.47. The van der Waals surface area contributed by atoms with Crippen LogP contribution in [0, 0.1) is 5.82 Å². The summed E-state index contributed by atoms with van der Waals surface area (Å²) in [4.78, 5) is 13.7. The minimum absolute atomic E-state index is 0.216. The van der Waals surface area contributed by atoms with Crippen molar-refractivity contribution in [1.29, 1.82) is 0 Å². The SMILES string of the molecule is CC(C)(C)OC(=O)N1CC[C@H](O)[C@@H](c2ccc(F)cc2)C1. The molecule has 0 aromatic heterocycles. The molecule has 116 valence electrons. The summed E-state index contributed by atoms with van der Waals surface area (Å²) in [5.74, 6) is -0.528. The summed E-state index contributed by atoms with van der Waals surface area (Å²) in [7, 11) is 0. The maximum atomic E-state index is 13.0. The van der Waals surface area contributed by atoms with E-state index in [1.54, 1.807) is 17.0 Å². The highest BCUT2D eigenvalue weighted by Gasteiger charge is 2.33. The van der Waals surface area contributed by atoms with Crippen molar-refractivity contribution in [1.82, 2.24) is 4.90 Å². The molecule has 1 fully saturated rings. The number of aliphatic hydroxyl groups excluding tert-OH is 1. The predicted octanol–water partition coefficient (Wildman–Crippen LogP) is 2.91. The first kappa shape index (κ1) is 15.8. The van der Waals surface area contributed by atoms with E-state index in [-0.39, 0.29) is 17.8 Å². The van der Waals surface area contributed by atoms with E-state index in [0.29, 0.717) is 19.5 Å². The molecule has 1 amide bonds. The Hall–Kier alpha value is -1.62. The number of aliphatic hydroxyl groups is 1. The summed E-state index contributed by atoms with van der Waals surface area (Å²) in [5, 5.41) is 10.2. The summed E-state index contributed by atoms with van der Waals surface area (Å²) in [6.07, 6.45) is -0.419. The Kier molecular flexibility index (Phi) is 4.52. The largest absolute Gasteiger partial charge is 0.444 e. The number of nitrogens with zero attached hydrogens (tertiary/aromatic N) is 1. The topological polar surface area (TPSA) is 49.8 Å². The van der Waals surface area contributed by atoms with Crippen LogP contribution in [0.25, 0.3) is 0 Å². The van der Waals surface area contributed by atoms with E-state index in [1.807, 2.05) is 20.8 Å². The van der Waals surface area contributed by atoms with E-state index in [9.17, 15) is 14.3 Å². The van der Waals surface area contributed by atoms with Crippen LogP contribution in [-0.2, 0) is 4.74 Å². The maximum absolute atomic E-state index is 13.0. The Morgan fingerprint density at radius 3 is 2.52 bits per heavy atom. The van der Waals surface area contributed by atoms with Gasteiger partial charge in [0.25, 0.3) is 0 Å². The van der Waals surface area contributed by atoms with E-state index in [2.05, 4.69) is 0 Å². The molecule has 2 rings (SSSR count). The number of likely N-dealkylation sites (tertiary alicyclic amines) is 1. The summed E-state index contributed by atoms with van der Waals surface area (Å²) < 4.78 is 18.4. The number of hydrogen-bond acceptors (Lipinski definition) is 3. The molecule has 0 saturated carbocycles. The molecule has 1 aromatic carbocycles. The molecule has 1 heterocycles. The Bertz CT molecular complexity index is 495. The van der Waals surface area contributed by atoms with Gasteiger partial charge in [0.05, 0.1) is 6.10 Å². The fourth-order valence-electron chi connectivity index (χ4n) is 2.47. The van der Waals surface area contributed by atoms with E-state index in [0.717, 1.165) is 5.56 Å². The monoisotopic (exact) mass is 295 g/mol. The van der Waals surface area contributed by atoms with Crippen LogP contribution in [0.2, 0.25) is 0 Å². The molecule has 0 spiro atoms. The second kappa shape index (κ2) is 6.02. The Labute approximate surface area is 124 Å². The highest BCUT2D eigenvalue weighted by Crippen LogP contribution is 2.28. The number of halogens is 1. The molecule has 1 saturated heterocycles. The molecule has 0 aliphatic carbocycles. The van der Waals surface area contributed by atoms with Crippen LogP contribution in [0.4, 0.5) is 9.18 Å². The van der Waals surface area contributed by atoms with Gasteiger partial charge < -0.3 is 14.7 Å². The van der Waals surface area contributed by atoms with Gasteiger partial charge in [-0.05, 0) is 44.9 Å². The summed E-state index contributed by atoms with van der Waals surface area (Å²) in [6.45, 7) is 6.30.